The minimum Gasteiger partial charge on any atom is -0.343 e. The molecule has 3 aromatic rings. The van der Waals surface area contributed by atoms with Gasteiger partial charge in [0.2, 0.25) is 0 Å². The van der Waals surface area contributed by atoms with Crippen LogP contribution in [0.2, 0.25) is 5.02 Å². The number of benzene rings is 2. The Kier molecular flexibility index (Phi) is 3.95. The molecular formula is C17H16ClFN2. The van der Waals surface area contributed by atoms with Crippen molar-refractivity contribution in [3.8, 4) is 0 Å². The Hall–Kier alpha value is -1.84. The minimum atomic E-state index is -0.387. The van der Waals surface area contributed by atoms with Crippen molar-refractivity contribution in [3.63, 3.8) is 0 Å². The molecule has 2 aromatic carbocycles. The molecule has 1 heterocycles. The van der Waals surface area contributed by atoms with Gasteiger partial charge in [-0.05, 0) is 42.3 Å². The topological polar surface area (TPSA) is 30.9 Å². The van der Waals surface area contributed by atoms with Crippen molar-refractivity contribution in [2.75, 3.05) is 6.54 Å². The molecule has 0 aliphatic carbocycles. The van der Waals surface area contributed by atoms with Gasteiger partial charge in [-0.15, -0.1) is 0 Å². The van der Waals surface area contributed by atoms with Crippen LogP contribution in [0.3, 0.4) is 0 Å². The summed E-state index contributed by atoms with van der Waals surface area (Å²) < 4.78 is 15.4. The van der Waals surface area contributed by atoms with E-state index in [0.29, 0.717) is 13.1 Å². The predicted octanol–water partition coefficient (Wildman–Crippen LogP) is 3.98. The number of nitrogens with two attached hydrogens (primary N) is 1. The first-order valence-electron chi connectivity index (χ1n) is 6.90. The molecule has 4 heteroatoms. The summed E-state index contributed by atoms with van der Waals surface area (Å²) in [6.07, 6.45) is 2.96. The van der Waals surface area contributed by atoms with Gasteiger partial charge in [-0.3, -0.25) is 0 Å². The van der Waals surface area contributed by atoms with Gasteiger partial charge in [0.25, 0.3) is 0 Å². The van der Waals surface area contributed by atoms with Crippen LogP contribution >= 0.6 is 11.6 Å². The predicted molar refractivity (Wildman–Crippen MR) is 85.2 cm³/mol. The second kappa shape index (κ2) is 5.88. The van der Waals surface area contributed by atoms with Crippen LogP contribution in [0, 0.1) is 5.82 Å². The summed E-state index contributed by atoms with van der Waals surface area (Å²) in [4.78, 5) is 0. The molecule has 0 fully saturated rings. The van der Waals surface area contributed by atoms with E-state index in [4.69, 9.17) is 17.3 Å². The van der Waals surface area contributed by atoms with Gasteiger partial charge in [0, 0.05) is 23.6 Å². The number of hydrogen-bond acceptors (Lipinski definition) is 1. The fourth-order valence-electron chi connectivity index (χ4n) is 2.64. The van der Waals surface area contributed by atoms with E-state index in [-0.39, 0.29) is 10.8 Å². The van der Waals surface area contributed by atoms with Crippen molar-refractivity contribution in [1.29, 1.82) is 0 Å². The van der Waals surface area contributed by atoms with E-state index in [1.165, 1.54) is 17.0 Å². The Morgan fingerprint density at radius 2 is 1.95 bits per heavy atom. The van der Waals surface area contributed by atoms with Gasteiger partial charge in [0.15, 0.2) is 0 Å². The Labute approximate surface area is 127 Å². The molecule has 2 nitrogen and oxygen atoms in total. The maximum atomic E-state index is 13.2. The SMILES string of the molecule is NCCc1cn(Cc2ccc(F)c(Cl)c2)c2ccccc12. The fraction of sp³-hybridized carbons (Fsp3) is 0.176. The van der Waals surface area contributed by atoms with Crippen LogP contribution in [-0.2, 0) is 13.0 Å². The number of halogens is 2. The summed E-state index contributed by atoms with van der Waals surface area (Å²) in [6.45, 7) is 1.28. The number of aromatic nitrogens is 1. The van der Waals surface area contributed by atoms with Crippen molar-refractivity contribution in [2.45, 2.75) is 13.0 Å². The van der Waals surface area contributed by atoms with Crippen LogP contribution in [0.25, 0.3) is 10.9 Å². The second-order valence-electron chi connectivity index (χ2n) is 5.09. The molecule has 1 aromatic heterocycles. The molecule has 0 unspecified atom stereocenters. The highest BCUT2D eigenvalue weighted by Gasteiger charge is 2.08. The van der Waals surface area contributed by atoms with Crippen LogP contribution in [-0.4, -0.2) is 11.1 Å². The second-order valence-corrected chi connectivity index (χ2v) is 5.49. The first-order chi connectivity index (χ1) is 10.2. The number of hydrogen-bond donors (Lipinski definition) is 1. The third-order valence-electron chi connectivity index (χ3n) is 3.62. The van der Waals surface area contributed by atoms with Crippen LogP contribution in [0.15, 0.2) is 48.7 Å². The number of para-hydroxylation sites is 1. The summed E-state index contributed by atoms with van der Waals surface area (Å²) in [5.74, 6) is -0.387. The highest BCUT2D eigenvalue weighted by atomic mass is 35.5. The van der Waals surface area contributed by atoms with Gasteiger partial charge in [-0.25, -0.2) is 4.39 Å². The van der Waals surface area contributed by atoms with E-state index in [1.54, 1.807) is 12.1 Å². The molecule has 0 radical (unpaired) electrons. The first kappa shape index (κ1) is 14.1. The van der Waals surface area contributed by atoms with Gasteiger partial charge in [0.05, 0.1) is 5.02 Å². The van der Waals surface area contributed by atoms with Gasteiger partial charge in [0.1, 0.15) is 5.82 Å². The maximum Gasteiger partial charge on any atom is 0.141 e. The molecule has 0 saturated carbocycles. The van der Waals surface area contributed by atoms with Crippen molar-refractivity contribution in [2.24, 2.45) is 5.73 Å². The molecule has 0 spiro atoms. The summed E-state index contributed by atoms with van der Waals surface area (Å²) in [5, 5.41) is 1.38. The molecule has 0 bridgehead atoms. The van der Waals surface area contributed by atoms with E-state index >= 15 is 0 Å². The molecule has 0 aliphatic rings. The highest BCUT2D eigenvalue weighted by Crippen LogP contribution is 2.24. The quantitative estimate of drug-likeness (QED) is 0.776. The molecule has 0 saturated heterocycles. The molecule has 0 aliphatic heterocycles. The average Bonchev–Trinajstić information content (AvgIpc) is 2.82. The van der Waals surface area contributed by atoms with Crippen LogP contribution in [0.4, 0.5) is 4.39 Å². The summed E-state index contributed by atoms with van der Waals surface area (Å²) in [6, 6.07) is 13.1. The number of rotatable bonds is 4. The van der Waals surface area contributed by atoms with E-state index in [1.807, 2.05) is 12.1 Å². The average molecular weight is 303 g/mol. The lowest BCUT2D eigenvalue weighted by molar-refractivity contribution is 0.627. The Morgan fingerprint density at radius 1 is 1.14 bits per heavy atom. The van der Waals surface area contributed by atoms with Gasteiger partial charge in [-0.2, -0.15) is 0 Å². The lowest BCUT2D eigenvalue weighted by atomic mass is 10.1. The van der Waals surface area contributed by atoms with Crippen molar-refractivity contribution in [1.82, 2.24) is 4.57 Å². The largest absolute Gasteiger partial charge is 0.343 e. The lowest BCUT2D eigenvalue weighted by Crippen LogP contribution is -2.02. The Bertz CT molecular complexity index is 780. The van der Waals surface area contributed by atoms with E-state index in [0.717, 1.165) is 17.5 Å². The molecule has 3 rings (SSSR count). The van der Waals surface area contributed by atoms with Gasteiger partial charge < -0.3 is 10.3 Å². The van der Waals surface area contributed by atoms with Gasteiger partial charge >= 0.3 is 0 Å². The summed E-state index contributed by atoms with van der Waals surface area (Å²) >= 11 is 5.85. The van der Waals surface area contributed by atoms with Crippen LogP contribution in [0.1, 0.15) is 11.1 Å². The Balaban J connectivity index is 2.01. The molecule has 2 N–H and O–H groups in total. The third kappa shape index (κ3) is 2.80. The number of nitrogens with zero attached hydrogens (tertiary/aromatic N) is 1. The highest BCUT2D eigenvalue weighted by molar-refractivity contribution is 6.30. The molecule has 21 heavy (non-hydrogen) atoms. The van der Waals surface area contributed by atoms with E-state index in [2.05, 4.69) is 22.9 Å². The fourth-order valence-corrected chi connectivity index (χ4v) is 2.85. The summed E-state index contributed by atoms with van der Waals surface area (Å²) in [7, 11) is 0. The zero-order chi connectivity index (χ0) is 14.8. The normalized spacial score (nSPS) is 11.2. The maximum absolute atomic E-state index is 13.2. The van der Waals surface area contributed by atoms with Crippen molar-refractivity contribution < 1.29 is 4.39 Å². The van der Waals surface area contributed by atoms with Crippen LogP contribution in [0.5, 0.6) is 0 Å². The molecular weight excluding hydrogens is 287 g/mol. The third-order valence-corrected chi connectivity index (χ3v) is 3.91. The van der Waals surface area contributed by atoms with E-state index < -0.39 is 0 Å². The molecule has 0 atom stereocenters. The van der Waals surface area contributed by atoms with Crippen molar-refractivity contribution >= 4 is 22.5 Å². The zero-order valence-electron chi connectivity index (χ0n) is 11.5. The first-order valence-corrected chi connectivity index (χ1v) is 7.27. The summed E-state index contributed by atoms with van der Waals surface area (Å²) in [5.41, 5.74) is 9.05. The molecule has 0 amide bonds. The smallest absolute Gasteiger partial charge is 0.141 e. The lowest BCUT2D eigenvalue weighted by Gasteiger charge is -2.06. The van der Waals surface area contributed by atoms with E-state index in [9.17, 15) is 4.39 Å². The standard InChI is InChI=1S/C17H16ClFN2/c18-15-9-12(5-6-16(15)19)10-21-11-13(7-8-20)14-3-1-2-4-17(14)21/h1-6,9,11H,7-8,10,20H2. The number of fused-ring (bicyclic) bond motifs is 1. The van der Waals surface area contributed by atoms with Crippen LogP contribution < -0.4 is 5.73 Å². The van der Waals surface area contributed by atoms with Crippen molar-refractivity contribution in [3.05, 3.63) is 70.6 Å². The minimum absolute atomic E-state index is 0.158. The zero-order valence-corrected chi connectivity index (χ0v) is 12.3. The molecule has 108 valence electrons. The Morgan fingerprint density at radius 3 is 2.71 bits per heavy atom. The van der Waals surface area contributed by atoms with Gasteiger partial charge in [-0.1, -0.05) is 35.9 Å². The monoisotopic (exact) mass is 302 g/mol.